The first kappa shape index (κ1) is 13.8. The summed E-state index contributed by atoms with van der Waals surface area (Å²) in [6, 6.07) is 3.28. The Bertz CT molecular complexity index is 440. The van der Waals surface area contributed by atoms with E-state index >= 15 is 0 Å². The van der Waals surface area contributed by atoms with Gasteiger partial charge in [0.05, 0.1) is 0 Å². The van der Waals surface area contributed by atoms with E-state index in [0.717, 1.165) is 32.7 Å². The van der Waals surface area contributed by atoms with Gasteiger partial charge in [0.1, 0.15) is 11.4 Å². The van der Waals surface area contributed by atoms with Crippen LogP contribution in [-0.4, -0.2) is 53.7 Å². The van der Waals surface area contributed by atoms with Crippen molar-refractivity contribution >= 4 is 11.8 Å². The van der Waals surface area contributed by atoms with Crippen molar-refractivity contribution in [1.82, 2.24) is 9.88 Å². The van der Waals surface area contributed by atoms with Gasteiger partial charge < -0.3 is 10.0 Å². The molecule has 2 rings (SSSR count). The Labute approximate surface area is 113 Å². The SMILES string of the molecule is CC(C)CN1CCN(c2ncccc2C(=O)O)CC1. The summed E-state index contributed by atoms with van der Waals surface area (Å²) in [5, 5.41) is 9.19. The van der Waals surface area contributed by atoms with Crippen LogP contribution in [0.3, 0.4) is 0 Å². The van der Waals surface area contributed by atoms with Crippen LogP contribution in [0.1, 0.15) is 24.2 Å². The molecule has 0 unspecified atom stereocenters. The van der Waals surface area contributed by atoms with Crippen molar-refractivity contribution in [2.45, 2.75) is 13.8 Å². The largest absolute Gasteiger partial charge is 0.478 e. The van der Waals surface area contributed by atoms with Gasteiger partial charge in [-0.15, -0.1) is 0 Å². The molecule has 1 fully saturated rings. The van der Waals surface area contributed by atoms with Crippen LogP contribution in [0.4, 0.5) is 5.82 Å². The van der Waals surface area contributed by atoms with Crippen molar-refractivity contribution in [3.8, 4) is 0 Å². The van der Waals surface area contributed by atoms with Crippen LogP contribution in [0.15, 0.2) is 18.3 Å². The number of carboxylic acids is 1. The molecular formula is C14H21N3O2. The number of piperazine rings is 1. The first-order valence-corrected chi connectivity index (χ1v) is 6.73. The number of aromatic nitrogens is 1. The Morgan fingerprint density at radius 3 is 2.63 bits per heavy atom. The van der Waals surface area contributed by atoms with Gasteiger partial charge in [0, 0.05) is 38.9 Å². The topological polar surface area (TPSA) is 56.7 Å². The molecule has 19 heavy (non-hydrogen) atoms. The molecule has 5 heteroatoms. The first-order valence-electron chi connectivity index (χ1n) is 6.73. The molecule has 104 valence electrons. The molecule has 0 aromatic carbocycles. The van der Waals surface area contributed by atoms with Crippen molar-refractivity contribution in [2.75, 3.05) is 37.6 Å². The fourth-order valence-electron chi connectivity index (χ4n) is 2.47. The number of hydrogen-bond donors (Lipinski definition) is 1. The van der Waals surface area contributed by atoms with Crippen LogP contribution in [0.25, 0.3) is 0 Å². The van der Waals surface area contributed by atoms with E-state index in [1.165, 1.54) is 0 Å². The molecule has 2 heterocycles. The van der Waals surface area contributed by atoms with Gasteiger partial charge in [0.25, 0.3) is 0 Å². The molecule has 1 aromatic heterocycles. The highest BCUT2D eigenvalue weighted by atomic mass is 16.4. The summed E-state index contributed by atoms with van der Waals surface area (Å²) < 4.78 is 0. The summed E-state index contributed by atoms with van der Waals surface area (Å²) >= 11 is 0. The van der Waals surface area contributed by atoms with Gasteiger partial charge in [-0.3, -0.25) is 4.90 Å². The number of hydrogen-bond acceptors (Lipinski definition) is 4. The molecular weight excluding hydrogens is 242 g/mol. The molecule has 0 atom stereocenters. The molecule has 0 radical (unpaired) electrons. The van der Waals surface area contributed by atoms with E-state index in [1.807, 2.05) is 0 Å². The molecule has 0 amide bonds. The Hall–Kier alpha value is -1.62. The predicted molar refractivity (Wildman–Crippen MR) is 74.7 cm³/mol. The van der Waals surface area contributed by atoms with Gasteiger partial charge in [0.2, 0.25) is 0 Å². The van der Waals surface area contributed by atoms with Gasteiger partial charge in [-0.25, -0.2) is 9.78 Å². The van der Waals surface area contributed by atoms with Crippen molar-refractivity contribution < 1.29 is 9.90 Å². The second kappa shape index (κ2) is 6.02. The maximum absolute atomic E-state index is 11.2. The monoisotopic (exact) mass is 263 g/mol. The Morgan fingerprint density at radius 1 is 1.37 bits per heavy atom. The third-order valence-electron chi connectivity index (χ3n) is 3.31. The highest BCUT2D eigenvalue weighted by Crippen LogP contribution is 2.19. The van der Waals surface area contributed by atoms with E-state index in [0.29, 0.717) is 17.3 Å². The summed E-state index contributed by atoms with van der Waals surface area (Å²) in [5.41, 5.74) is 0.291. The second-order valence-electron chi connectivity index (χ2n) is 5.36. The van der Waals surface area contributed by atoms with Crippen molar-refractivity contribution in [1.29, 1.82) is 0 Å². The molecule has 1 aliphatic rings. The number of anilines is 1. The van der Waals surface area contributed by atoms with Gasteiger partial charge in [-0.05, 0) is 18.1 Å². The average Bonchev–Trinajstić information content (AvgIpc) is 2.39. The quantitative estimate of drug-likeness (QED) is 0.893. The summed E-state index contributed by atoms with van der Waals surface area (Å²) in [6.07, 6.45) is 1.66. The zero-order valence-electron chi connectivity index (χ0n) is 11.5. The third kappa shape index (κ3) is 3.44. The fourth-order valence-corrected chi connectivity index (χ4v) is 2.47. The standard InChI is InChI=1S/C14H21N3O2/c1-11(2)10-16-6-8-17(9-7-16)13-12(14(18)19)4-3-5-15-13/h3-5,11H,6-10H2,1-2H3,(H,18,19). The lowest BCUT2D eigenvalue weighted by atomic mass is 10.2. The first-order chi connectivity index (χ1) is 9.08. The fraction of sp³-hybridized carbons (Fsp3) is 0.571. The summed E-state index contributed by atoms with van der Waals surface area (Å²) in [4.78, 5) is 19.9. The van der Waals surface area contributed by atoms with E-state index in [1.54, 1.807) is 18.3 Å². The van der Waals surface area contributed by atoms with Gasteiger partial charge in [-0.1, -0.05) is 13.8 Å². The lowest BCUT2D eigenvalue weighted by molar-refractivity contribution is 0.0697. The third-order valence-corrected chi connectivity index (χ3v) is 3.31. The second-order valence-corrected chi connectivity index (χ2v) is 5.36. The molecule has 5 nitrogen and oxygen atoms in total. The van der Waals surface area contributed by atoms with E-state index in [9.17, 15) is 9.90 Å². The zero-order chi connectivity index (χ0) is 13.8. The number of aromatic carboxylic acids is 1. The highest BCUT2D eigenvalue weighted by molar-refractivity contribution is 5.93. The minimum atomic E-state index is -0.910. The minimum absolute atomic E-state index is 0.291. The minimum Gasteiger partial charge on any atom is -0.478 e. The van der Waals surface area contributed by atoms with E-state index in [4.69, 9.17) is 0 Å². The van der Waals surface area contributed by atoms with Crippen LogP contribution in [0.5, 0.6) is 0 Å². The lowest BCUT2D eigenvalue weighted by Gasteiger charge is -2.36. The van der Waals surface area contributed by atoms with Crippen LogP contribution >= 0.6 is 0 Å². The Balaban J connectivity index is 2.04. The zero-order valence-corrected chi connectivity index (χ0v) is 11.5. The van der Waals surface area contributed by atoms with Crippen molar-refractivity contribution in [2.24, 2.45) is 5.92 Å². The number of carbonyl (C=O) groups is 1. The van der Waals surface area contributed by atoms with Gasteiger partial charge in [-0.2, -0.15) is 0 Å². The Morgan fingerprint density at radius 2 is 2.05 bits per heavy atom. The van der Waals surface area contributed by atoms with Crippen LogP contribution in [0.2, 0.25) is 0 Å². The van der Waals surface area contributed by atoms with Gasteiger partial charge >= 0.3 is 5.97 Å². The number of carboxylic acid groups (broad SMARTS) is 1. The molecule has 1 aromatic rings. The molecule has 1 N–H and O–H groups in total. The molecule has 0 saturated carbocycles. The molecule has 0 bridgehead atoms. The molecule has 0 aliphatic carbocycles. The van der Waals surface area contributed by atoms with Crippen LogP contribution in [0, 0.1) is 5.92 Å². The molecule has 1 saturated heterocycles. The van der Waals surface area contributed by atoms with E-state index < -0.39 is 5.97 Å². The predicted octanol–water partition coefficient (Wildman–Crippen LogP) is 1.56. The average molecular weight is 263 g/mol. The van der Waals surface area contributed by atoms with Crippen LogP contribution in [-0.2, 0) is 0 Å². The number of pyridine rings is 1. The Kier molecular flexibility index (Phi) is 4.37. The highest BCUT2D eigenvalue weighted by Gasteiger charge is 2.22. The van der Waals surface area contributed by atoms with Crippen molar-refractivity contribution in [3.05, 3.63) is 23.9 Å². The smallest absolute Gasteiger partial charge is 0.339 e. The van der Waals surface area contributed by atoms with E-state index in [-0.39, 0.29) is 0 Å². The summed E-state index contributed by atoms with van der Waals surface area (Å²) in [7, 11) is 0. The summed E-state index contributed by atoms with van der Waals surface area (Å²) in [6.45, 7) is 9.14. The van der Waals surface area contributed by atoms with Crippen molar-refractivity contribution in [3.63, 3.8) is 0 Å². The molecule has 1 aliphatic heterocycles. The normalized spacial score (nSPS) is 16.9. The van der Waals surface area contributed by atoms with E-state index in [2.05, 4.69) is 28.6 Å². The maximum Gasteiger partial charge on any atom is 0.339 e. The lowest BCUT2D eigenvalue weighted by Crippen LogP contribution is -2.48. The molecule has 0 spiro atoms. The number of rotatable bonds is 4. The van der Waals surface area contributed by atoms with Gasteiger partial charge in [0.15, 0.2) is 0 Å². The summed E-state index contributed by atoms with van der Waals surface area (Å²) in [5.74, 6) is 0.350. The maximum atomic E-state index is 11.2. The number of nitrogens with zero attached hydrogens (tertiary/aromatic N) is 3. The van der Waals surface area contributed by atoms with Crippen LogP contribution < -0.4 is 4.90 Å².